The number of carbonyl (C=O) groups is 3. The first-order chi connectivity index (χ1) is 13.2. The van der Waals surface area contributed by atoms with Crippen molar-refractivity contribution in [2.75, 3.05) is 5.32 Å². The molecule has 1 aromatic carbocycles. The summed E-state index contributed by atoms with van der Waals surface area (Å²) in [6.45, 7) is 7.10. The molecule has 1 aromatic rings. The molecule has 1 N–H and O–H groups in total. The van der Waals surface area contributed by atoms with Crippen LogP contribution in [0.15, 0.2) is 59.7 Å². The van der Waals surface area contributed by atoms with E-state index in [1.165, 1.54) is 0 Å². The van der Waals surface area contributed by atoms with Crippen molar-refractivity contribution in [1.29, 1.82) is 0 Å². The molecule has 3 rings (SSSR count). The van der Waals surface area contributed by atoms with Gasteiger partial charge in [0.2, 0.25) is 0 Å². The van der Waals surface area contributed by atoms with Crippen molar-refractivity contribution in [3.8, 4) is 0 Å². The molecule has 2 unspecified atom stereocenters. The van der Waals surface area contributed by atoms with Crippen molar-refractivity contribution in [1.82, 2.24) is 0 Å². The van der Waals surface area contributed by atoms with E-state index in [-0.39, 0.29) is 23.4 Å². The molecule has 0 fully saturated rings. The fourth-order valence-electron chi connectivity index (χ4n) is 3.48. The molecule has 2 aliphatic carbocycles. The van der Waals surface area contributed by atoms with Crippen molar-refractivity contribution < 1.29 is 19.1 Å². The fourth-order valence-corrected chi connectivity index (χ4v) is 3.48. The normalized spacial score (nSPS) is 21.4. The molecule has 2 aliphatic rings. The van der Waals surface area contributed by atoms with Crippen molar-refractivity contribution in [2.45, 2.75) is 39.7 Å². The molecule has 28 heavy (non-hydrogen) atoms. The number of carbonyl (C=O) groups excluding carboxylic acids is 3. The Balaban J connectivity index is 1.75. The average molecular weight is 379 g/mol. The van der Waals surface area contributed by atoms with Crippen LogP contribution in [0.4, 0.5) is 10.5 Å². The number of Topliss-reactive ketones (excluding diaryl/α,β-unsaturated/α-hetero) is 2. The summed E-state index contributed by atoms with van der Waals surface area (Å²) >= 11 is 0. The van der Waals surface area contributed by atoms with Gasteiger partial charge in [-0.25, -0.2) is 4.79 Å². The molecule has 0 radical (unpaired) electrons. The van der Waals surface area contributed by atoms with E-state index >= 15 is 0 Å². The van der Waals surface area contributed by atoms with E-state index in [2.05, 4.69) is 5.32 Å². The molecule has 0 saturated heterocycles. The van der Waals surface area contributed by atoms with E-state index in [1.54, 1.807) is 52.0 Å². The number of ether oxygens (including phenoxy) is 1. The molecule has 0 bridgehead atoms. The summed E-state index contributed by atoms with van der Waals surface area (Å²) in [4.78, 5) is 37.5. The number of fused-ring (bicyclic) bond motifs is 1. The van der Waals surface area contributed by atoms with Gasteiger partial charge in [0.05, 0.1) is 0 Å². The highest BCUT2D eigenvalue weighted by molar-refractivity contribution is 6.15. The molecule has 5 heteroatoms. The minimum atomic E-state index is -0.585. The Morgan fingerprint density at radius 2 is 1.71 bits per heavy atom. The Kier molecular flexibility index (Phi) is 5.36. The fraction of sp³-hybridized carbons (Fsp3) is 0.348. The SMILES string of the molecule is CC1=C(C(=O)c2ccc(NC(=O)OC(C)(C)C)cc2)CC2C=CC=CC2C1=O. The van der Waals surface area contributed by atoms with Crippen molar-refractivity contribution in [3.63, 3.8) is 0 Å². The van der Waals surface area contributed by atoms with Crippen LogP contribution in [0.2, 0.25) is 0 Å². The minimum absolute atomic E-state index is 0.0170. The first-order valence-corrected chi connectivity index (χ1v) is 9.39. The number of hydrogen-bond donors (Lipinski definition) is 1. The second-order valence-electron chi connectivity index (χ2n) is 8.16. The molecule has 5 nitrogen and oxygen atoms in total. The summed E-state index contributed by atoms with van der Waals surface area (Å²) in [5.74, 6) is -0.255. The van der Waals surface area contributed by atoms with E-state index in [0.717, 1.165) is 0 Å². The second kappa shape index (κ2) is 7.58. The maximum Gasteiger partial charge on any atom is 0.412 e. The zero-order valence-electron chi connectivity index (χ0n) is 16.6. The van der Waals surface area contributed by atoms with Crippen LogP contribution in [-0.4, -0.2) is 23.3 Å². The van der Waals surface area contributed by atoms with E-state index in [0.29, 0.717) is 28.8 Å². The molecule has 146 valence electrons. The lowest BCUT2D eigenvalue weighted by Crippen LogP contribution is -2.31. The van der Waals surface area contributed by atoms with Crippen LogP contribution in [0.5, 0.6) is 0 Å². The Bertz CT molecular complexity index is 898. The maximum atomic E-state index is 13.0. The van der Waals surface area contributed by atoms with Crippen molar-refractivity contribution >= 4 is 23.3 Å². The number of hydrogen-bond acceptors (Lipinski definition) is 4. The molecule has 0 aliphatic heterocycles. The number of allylic oxidation sites excluding steroid dienone is 6. The van der Waals surface area contributed by atoms with Crippen LogP contribution in [0.25, 0.3) is 0 Å². The quantitative estimate of drug-likeness (QED) is 0.761. The number of rotatable bonds is 3. The van der Waals surface area contributed by atoms with Crippen molar-refractivity contribution in [3.05, 3.63) is 65.3 Å². The van der Waals surface area contributed by atoms with Crippen LogP contribution in [0, 0.1) is 11.8 Å². The van der Waals surface area contributed by atoms with Gasteiger partial charge in [-0.2, -0.15) is 0 Å². The first kappa shape index (κ1) is 19.8. The first-order valence-electron chi connectivity index (χ1n) is 9.39. The highest BCUT2D eigenvalue weighted by Crippen LogP contribution is 2.36. The number of benzene rings is 1. The van der Waals surface area contributed by atoms with Crippen molar-refractivity contribution in [2.24, 2.45) is 11.8 Å². The Morgan fingerprint density at radius 1 is 1.07 bits per heavy atom. The molecule has 0 aromatic heterocycles. The largest absolute Gasteiger partial charge is 0.444 e. The lowest BCUT2D eigenvalue weighted by atomic mass is 9.72. The zero-order chi connectivity index (χ0) is 20.5. The highest BCUT2D eigenvalue weighted by atomic mass is 16.6. The third-order valence-corrected chi connectivity index (χ3v) is 4.88. The zero-order valence-corrected chi connectivity index (χ0v) is 16.6. The van der Waals surface area contributed by atoms with Gasteiger partial charge in [0.25, 0.3) is 0 Å². The topological polar surface area (TPSA) is 72.5 Å². The van der Waals surface area contributed by atoms with E-state index in [1.807, 2.05) is 24.3 Å². The monoisotopic (exact) mass is 379 g/mol. The van der Waals surface area contributed by atoms with Gasteiger partial charge in [-0.1, -0.05) is 24.3 Å². The molecular formula is C23H25NO4. The van der Waals surface area contributed by atoms with Gasteiger partial charge < -0.3 is 4.74 Å². The van der Waals surface area contributed by atoms with Crippen LogP contribution in [0.1, 0.15) is 44.5 Å². The summed E-state index contributed by atoms with van der Waals surface area (Å²) in [5.41, 5.74) is 1.56. The van der Waals surface area contributed by atoms with Crippen LogP contribution in [-0.2, 0) is 9.53 Å². The van der Waals surface area contributed by atoms with Gasteiger partial charge in [0, 0.05) is 22.7 Å². The van der Waals surface area contributed by atoms with Gasteiger partial charge in [-0.3, -0.25) is 14.9 Å². The van der Waals surface area contributed by atoms with Gasteiger partial charge in [-0.15, -0.1) is 0 Å². The smallest absolute Gasteiger partial charge is 0.412 e. The van der Waals surface area contributed by atoms with Crippen LogP contribution < -0.4 is 5.32 Å². The third-order valence-electron chi connectivity index (χ3n) is 4.88. The summed E-state index contributed by atoms with van der Waals surface area (Å²) < 4.78 is 5.22. The van der Waals surface area contributed by atoms with Crippen LogP contribution in [0.3, 0.4) is 0 Å². The van der Waals surface area contributed by atoms with Gasteiger partial charge >= 0.3 is 6.09 Å². The Morgan fingerprint density at radius 3 is 2.36 bits per heavy atom. The van der Waals surface area contributed by atoms with Gasteiger partial charge in [0.15, 0.2) is 11.6 Å². The second-order valence-corrected chi connectivity index (χ2v) is 8.16. The summed E-state index contributed by atoms with van der Waals surface area (Å²) in [5, 5.41) is 2.64. The molecular weight excluding hydrogens is 354 g/mol. The average Bonchev–Trinajstić information content (AvgIpc) is 2.63. The van der Waals surface area contributed by atoms with E-state index in [4.69, 9.17) is 4.74 Å². The number of nitrogens with one attached hydrogen (secondary N) is 1. The van der Waals surface area contributed by atoms with Crippen LogP contribution >= 0.6 is 0 Å². The Labute approximate surface area is 165 Å². The standard InChI is InChI=1S/C23H25NO4/c1-14-19(13-16-7-5-6-8-18(16)20(14)25)21(26)15-9-11-17(12-10-15)24-22(27)28-23(2,3)4/h5-12,16,18H,13H2,1-4H3,(H,24,27). The molecule has 0 spiro atoms. The molecule has 2 atom stereocenters. The number of anilines is 1. The number of amides is 1. The summed E-state index contributed by atoms with van der Waals surface area (Å²) in [6, 6.07) is 6.62. The molecule has 0 saturated carbocycles. The molecule has 0 heterocycles. The molecule has 1 amide bonds. The van der Waals surface area contributed by atoms with E-state index in [9.17, 15) is 14.4 Å². The summed E-state index contributed by atoms with van der Waals surface area (Å²) in [6.07, 6.45) is 7.72. The maximum absolute atomic E-state index is 13.0. The Hall–Kier alpha value is -2.95. The van der Waals surface area contributed by atoms with E-state index < -0.39 is 11.7 Å². The summed E-state index contributed by atoms with van der Waals surface area (Å²) in [7, 11) is 0. The minimum Gasteiger partial charge on any atom is -0.444 e. The number of ketones is 2. The lowest BCUT2D eigenvalue weighted by molar-refractivity contribution is -0.119. The van der Waals surface area contributed by atoms with Gasteiger partial charge in [-0.05, 0) is 69.9 Å². The lowest BCUT2D eigenvalue weighted by Gasteiger charge is -2.30. The van der Waals surface area contributed by atoms with Gasteiger partial charge in [0.1, 0.15) is 5.60 Å². The predicted octanol–water partition coefficient (Wildman–Crippen LogP) is 4.86. The third kappa shape index (κ3) is 4.30. The predicted molar refractivity (Wildman–Crippen MR) is 108 cm³/mol. The highest BCUT2D eigenvalue weighted by Gasteiger charge is 2.35.